The number of hydrogen-bond acceptors (Lipinski definition) is 3. The maximum absolute atomic E-state index is 12.3. The van der Waals surface area contributed by atoms with Gasteiger partial charge in [-0.05, 0) is 31.2 Å². The average Bonchev–Trinajstić information content (AvgIpc) is 2.72. The summed E-state index contributed by atoms with van der Waals surface area (Å²) >= 11 is 0. The summed E-state index contributed by atoms with van der Waals surface area (Å²) in [6.45, 7) is 2.00. The van der Waals surface area contributed by atoms with Crippen LogP contribution in [-0.4, -0.2) is 41.6 Å². The van der Waals surface area contributed by atoms with Gasteiger partial charge in [0.15, 0.2) is 0 Å². The van der Waals surface area contributed by atoms with Gasteiger partial charge in [-0.25, -0.2) is 0 Å². The van der Waals surface area contributed by atoms with Crippen LogP contribution in [0.4, 0.5) is 0 Å². The molecule has 1 fully saturated rings. The van der Waals surface area contributed by atoms with Crippen LogP contribution in [0, 0.1) is 0 Å². The minimum absolute atomic E-state index is 0.00279. The third-order valence-corrected chi connectivity index (χ3v) is 4.28. The van der Waals surface area contributed by atoms with E-state index in [1.54, 1.807) is 4.90 Å². The van der Waals surface area contributed by atoms with Crippen molar-refractivity contribution in [2.75, 3.05) is 6.54 Å². The number of nitrogens with one attached hydrogen (secondary N) is 1. The molecule has 124 valence electrons. The highest BCUT2D eigenvalue weighted by Crippen LogP contribution is 2.17. The summed E-state index contributed by atoms with van der Waals surface area (Å²) in [5.41, 5.74) is 1.16. The lowest BCUT2D eigenvalue weighted by Crippen LogP contribution is -2.42. The van der Waals surface area contributed by atoms with Crippen molar-refractivity contribution in [3.63, 3.8) is 0 Å². The van der Waals surface area contributed by atoms with Crippen molar-refractivity contribution in [3.8, 4) is 0 Å². The van der Waals surface area contributed by atoms with Crippen LogP contribution >= 0.6 is 0 Å². The average molecular weight is 316 g/mol. The number of amides is 2. The summed E-state index contributed by atoms with van der Waals surface area (Å²) in [7, 11) is 0. The zero-order chi connectivity index (χ0) is 16.7. The monoisotopic (exact) mass is 316 g/mol. The van der Waals surface area contributed by atoms with E-state index in [1.165, 1.54) is 6.92 Å². The summed E-state index contributed by atoms with van der Waals surface area (Å²) in [4.78, 5) is 36.6. The fraction of sp³-hybridized carbons (Fsp3) is 0.500. The molecule has 0 radical (unpaired) electrons. The van der Waals surface area contributed by atoms with Crippen LogP contribution < -0.4 is 5.32 Å². The van der Waals surface area contributed by atoms with Crippen molar-refractivity contribution in [1.82, 2.24) is 10.2 Å². The summed E-state index contributed by atoms with van der Waals surface area (Å²) in [5.74, 6) is -0.0741. The molecule has 1 aromatic rings. The highest BCUT2D eigenvalue weighted by atomic mass is 16.2. The topological polar surface area (TPSA) is 66.5 Å². The number of carbonyl (C=O) groups is 3. The highest BCUT2D eigenvalue weighted by Gasteiger charge is 2.28. The first-order chi connectivity index (χ1) is 11.1. The first-order valence-corrected chi connectivity index (χ1v) is 8.16. The van der Waals surface area contributed by atoms with Crippen molar-refractivity contribution in [2.45, 2.75) is 51.1 Å². The van der Waals surface area contributed by atoms with Crippen molar-refractivity contribution >= 4 is 18.1 Å². The summed E-state index contributed by atoms with van der Waals surface area (Å²) in [6, 6.07) is 9.58. The Morgan fingerprint density at radius 2 is 2.09 bits per heavy atom. The molecule has 0 bridgehead atoms. The Bertz CT molecular complexity index is 544. The molecule has 1 heterocycles. The number of rotatable bonds is 6. The summed E-state index contributed by atoms with van der Waals surface area (Å²) in [6.07, 6.45) is 3.98. The molecular weight excluding hydrogens is 292 g/mol. The number of benzene rings is 1. The van der Waals surface area contributed by atoms with Crippen molar-refractivity contribution in [2.24, 2.45) is 0 Å². The maximum atomic E-state index is 12.3. The maximum Gasteiger partial charge on any atom is 0.223 e. The molecule has 5 heteroatoms. The number of nitrogens with zero attached hydrogens (tertiary/aromatic N) is 1. The Kier molecular flexibility index (Phi) is 6.32. The summed E-state index contributed by atoms with van der Waals surface area (Å²) in [5, 5.41) is 2.87. The Labute approximate surface area is 137 Å². The Morgan fingerprint density at radius 3 is 2.74 bits per heavy atom. The van der Waals surface area contributed by atoms with Gasteiger partial charge in [0.2, 0.25) is 11.8 Å². The minimum Gasteiger partial charge on any atom is -0.354 e. The molecule has 1 aromatic carbocycles. The van der Waals surface area contributed by atoms with Crippen molar-refractivity contribution in [1.29, 1.82) is 0 Å². The molecule has 0 spiro atoms. The molecule has 0 aromatic heterocycles. The van der Waals surface area contributed by atoms with E-state index >= 15 is 0 Å². The van der Waals surface area contributed by atoms with Gasteiger partial charge in [-0.1, -0.05) is 30.3 Å². The molecular formula is C18H24N2O3. The molecule has 5 nitrogen and oxygen atoms in total. The van der Waals surface area contributed by atoms with E-state index in [4.69, 9.17) is 0 Å². The lowest BCUT2D eigenvalue weighted by molar-refractivity contribution is -0.136. The van der Waals surface area contributed by atoms with Gasteiger partial charge in [-0.2, -0.15) is 0 Å². The number of hydrogen-bond donors (Lipinski definition) is 1. The van der Waals surface area contributed by atoms with E-state index in [2.05, 4.69) is 5.32 Å². The van der Waals surface area contributed by atoms with Gasteiger partial charge in [0.25, 0.3) is 0 Å². The fourth-order valence-corrected chi connectivity index (χ4v) is 3.04. The van der Waals surface area contributed by atoms with Crippen LogP contribution in [0.1, 0.15) is 38.2 Å². The molecule has 2 amide bonds. The molecule has 2 atom stereocenters. The van der Waals surface area contributed by atoms with Gasteiger partial charge < -0.3 is 15.0 Å². The van der Waals surface area contributed by atoms with Crippen LogP contribution in [0.2, 0.25) is 0 Å². The molecule has 1 N–H and O–H groups in total. The third kappa shape index (κ3) is 5.20. The Hall–Kier alpha value is -2.17. The second-order valence-corrected chi connectivity index (χ2v) is 6.04. The second-order valence-electron chi connectivity index (χ2n) is 6.04. The van der Waals surface area contributed by atoms with E-state index in [0.29, 0.717) is 32.2 Å². The molecule has 23 heavy (non-hydrogen) atoms. The number of aldehydes is 1. The first-order valence-electron chi connectivity index (χ1n) is 8.16. The summed E-state index contributed by atoms with van der Waals surface area (Å²) < 4.78 is 0. The second kappa shape index (κ2) is 8.46. The van der Waals surface area contributed by atoms with Gasteiger partial charge in [-0.15, -0.1) is 0 Å². The quantitative estimate of drug-likeness (QED) is 0.812. The predicted octanol–water partition coefficient (Wildman–Crippen LogP) is 1.70. The van der Waals surface area contributed by atoms with Crippen LogP contribution in [0.3, 0.4) is 0 Å². The molecule has 1 aliphatic rings. The Balaban J connectivity index is 1.95. The van der Waals surface area contributed by atoms with Crippen molar-refractivity contribution in [3.05, 3.63) is 35.9 Å². The largest absolute Gasteiger partial charge is 0.354 e. The molecule has 2 unspecified atom stereocenters. The predicted molar refractivity (Wildman–Crippen MR) is 87.8 cm³/mol. The van der Waals surface area contributed by atoms with Crippen LogP contribution in [0.15, 0.2) is 30.3 Å². The highest BCUT2D eigenvalue weighted by molar-refractivity contribution is 5.80. The zero-order valence-electron chi connectivity index (χ0n) is 13.5. The first kappa shape index (κ1) is 17.2. The third-order valence-electron chi connectivity index (χ3n) is 4.28. The zero-order valence-corrected chi connectivity index (χ0v) is 13.5. The smallest absolute Gasteiger partial charge is 0.223 e. The lowest BCUT2D eigenvalue weighted by Gasteiger charge is -2.27. The molecule has 0 saturated carbocycles. The van der Waals surface area contributed by atoms with Gasteiger partial charge in [0, 0.05) is 25.9 Å². The van der Waals surface area contributed by atoms with Gasteiger partial charge >= 0.3 is 0 Å². The molecule has 1 aliphatic heterocycles. The number of carbonyl (C=O) groups excluding carboxylic acids is 3. The van der Waals surface area contributed by atoms with E-state index in [9.17, 15) is 14.4 Å². The van der Waals surface area contributed by atoms with Gasteiger partial charge in [-0.3, -0.25) is 9.59 Å². The van der Waals surface area contributed by atoms with E-state index in [1.807, 2.05) is 30.3 Å². The lowest BCUT2D eigenvalue weighted by atomic mass is 10.0. The van der Waals surface area contributed by atoms with Crippen LogP contribution in [-0.2, 0) is 20.8 Å². The fourth-order valence-electron chi connectivity index (χ4n) is 3.04. The van der Waals surface area contributed by atoms with Crippen LogP contribution in [0.5, 0.6) is 0 Å². The van der Waals surface area contributed by atoms with Crippen LogP contribution in [0.25, 0.3) is 0 Å². The van der Waals surface area contributed by atoms with E-state index in [0.717, 1.165) is 18.3 Å². The minimum atomic E-state index is -0.390. The molecule has 1 saturated heterocycles. The normalized spacial score (nSPS) is 19.8. The van der Waals surface area contributed by atoms with Crippen molar-refractivity contribution < 1.29 is 14.4 Å². The van der Waals surface area contributed by atoms with Gasteiger partial charge in [0.1, 0.15) is 6.29 Å². The molecule has 0 aliphatic carbocycles. The van der Waals surface area contributed by atoms with Gasteiger partial charge in [0.05, 0.1) is 6.04 Å². The SMILES string of the molecule is CC(=O)NC1CCC(=O)N(C(C=O)CCc2ccccc2)CC1. The standard InChI is InChI=1S/C18H24N2O3/c1-14(22)19-16-8-10-18(23)20(12-11-16)17(13-21)9-7-15-5-3-2-4-6-15/h2-6,13,16-17H,7-12H2,1H3,(H,19,22). The number of aryl methyl sites for hydroxylation is 1. The van der Waals surface area contributed by atoms with E-state index in [-0.39, 0.29) is 17.9 Å². The molecule has 2 rings (SSSR count). The van der Waals surface area contributed by atoms with E-state index < -0.39 is 6.04 Å². The number of likely N-dealkylation sites (tertiary alicyclic amines) is 1. The Morgan fingerprint density at radius 1 is 1.35 bits per heavy atom.